The Morgan fingerprint density at radius 2 is 0.870 bits per heavy atom. The van der Waals surface area contributed by atoms with Gasteiger partial charge < -0.3 is 4.42 Å². The van der Waals surface area contributed by atoms with Gasteiger partial charge in [-0.25, -0.2) is 15.0 Å². The van der Waals surface area contributed by atoms with Crippen LogP contribution in [0.4, 0.5) is 0 Å². The molecule has 320 valence electrons. The van der Waals surface area contributed by atoms with E-state index in [-0.39, 0.29) is 0 Å². The first-order chi connectivity index (χ1) is 34.2. The van der Waals surface area contributed by atoms with Crippen molar-refractivity contribution in [3.63, 3.8) is 0 Å². The summed E-state index contributed by atoms with van der Waals surface area (Å²) in [6, 6.07) is 81.0. The minimum absolute atomic E-state index is 0.448. The minimum atomic E-state index is -0.448. The summed E-state index contributed by atoms with van der Waals surface area (Å²) in [4.78, 5) is 15.7. The van der Waals surface area contributed by atoms with Gasteiger partial charge in [0.2, 0.25) is 0 Å². The Hall–Kier alpha value is -8.77. The molecule has 69 heavy (non-hydrogen) atoms. The molecule has 0 fully saturated rings. The highest BCUT2D eigenvalue weighted by Crippen LogP contribution is 2.64. The Bertz CT molecular complexity index is 4210. The lowest BCUT2D eigenvalue weighted by Gasteiger charge is -2.32. The van der Waals surface area contributed by atoms with Crippen molar-refractivity contribution in [2.24, 2.45) is 0 Å². The second kappa shape index (κ2) is 14.6. The van der Waals surface area contributed by atoms with Gasteiger partial charge in [0.25, 0.3) is 0 Å². The number of rotatable bonds is 5. The van der Waals surface area contributed by atoms with Crippen LogP contribution in [0.25, 0.3) is 121 Å². The summed E-state index contributed by atoms with van der Waals surface area (Å²) in [5.74, 6) is 1.86. The number of hydrogen-bond acceptors (Lipinski definition) is 5. The van der Waals surface area contributed by atoms with Crippen LogP contribution in [0.2, 0.25) is 0 Å². The van der Waals surface area contributed by atoms with E-state index in [9.17, 15) is 0 Å². The summed E-state index contributed by atoms with van der Waals surface area (Å²) in [6.07, 6.45) is 0. The molecule has 2 aliphatic carbocycles. The first-order valence-electron chi connectivity index (χ1n) is 23.4. The third kappa shape index (κ3) is 5.48. The molecule has 2 aliphatic rings. The molecule has 10 aromatic carbocycles. The first kappa shape index (κ1) is 38.3. The van der Waals surface area contributed by atoms with E-state index in [1.165, 1.54) is 71.1 Å². The third-order valence-corrected chi connectivity index (χ3v) is 15.8. The predicted octanol–water partition coefficient (Wildman–Crippen LogP) is 16.8. The van der Waals surface area contributed by atoms with E-state index in [0.717, 1.165) is 54.5 Å². The second-order valence-electron chi connectivity index (χ2n) is 18.1. The van der Waals surface area contributed by atoms with Crippen molar-refractivity contribution in [3.8, 4) is 78.7 Å². The zero-order chi connectivity index (χ0) is 45.2. The normalized spacial score (nSPS) is 13.0. The number of nitrogens with zero attached hydrogens (tertiary/aromatic N) is 3. The van der Waals surface area contributed by atoms with Crippen molar-refractivity contribution in [1.82, 2.24) is 15.0 Å². The molecule has 0 radical (unpaired) electrons. The number of fused-ring (bicyclic) bond motifs is 16. The Kier molecular flexibility index (Phi) is 8.12. The standard InChI is InChI=1S/C64H37N3OS/c1-2-16-38(17-3-1)61-65-62(67-63(66-61)50-28-14-26-48-46-23-7-11-33-57(46)69-60(48)50)49-27-15-32-56-58(49)51-37-40(34-35-55(51)68-56)39-18-12-19-41(36-39)42-24-13-25-47-45-22-6-10-31-54(45)64(59(42)47)52-29-8-4-20-43(52)44-21-5-9-30-53(44)64/h1-37H. The van der Waals surface area contributed by atoms with Crippen molar-refractivity contribution in [1.29, 1.82) is 0 Å². The van der Waals surface area contributed by atoms with Crippen molar-refractivity contribution in [3.05, 3.63) is 247 Å². The van der Waals surface area contributed by atoms with Gasteiger partial charge in [0.05, 0.1) is 5.41 Å². The van der Waals surface area contributed by atoms with Crippen LogP contribution in [0, 0.1) is 0 Å². The number of benzene rings is 10. The molecule has 0 atom stereocenters. The van der Waals surface area contributed by atoms with Crippen molar-refractivity contribution < 1.29 is 4.42 Å². The molecule has 0 amide bonds. The zero-order valence-corrected chi connectivity index (χ0v) is 37.8. The largest absolute Gasteiger partial charge is 0.456 e. The molecule has 1 spiro atoms. The van der Waals surface area contributed by atoms with E-state index in [2.05, 4.69) is 194 Å². The monoisotopic (exact) mass is 895 g/mol. The summed E-state index contributed by atoms with van der Waals surface area (Å²) >= 11 is 1.78. The van der Waals surface area contributed by atoms with Gasteiger partial charge in [-0.2, -0.15) is 0 Å². The van der Waals surface area contributed by atoms with E-state index in [4.69, 9.17) is 19.4 Å². The van der Waals surface area contributed by atoms with Gasteiger partial charge in [0.15, 0.2) is 17.5 Å². The number of hydrogen-bond donors (Lipinski definition) is 0. The fourth-order valence-electron chi connectivity index (χ4n) is 11.7. The van der Waals surface area contributed by atoms with Crippen LogP contribution in [0.1, 0.15) is 22.3 Å². The summed E-state index contributed by atoms with van der Waals surface area (Å²) in [5, 5.41) is 4.42. The van der Waals surface area contributed by atoms with Gasteiger partial charge in [0.1, 0.15) is 11.2 Å². The molecule has 4 nitrogen and oxygen atoms in total. The summed E-state index contributed by atoms with van der Waals surface area (Å²) in [6.45, 7) is 0. The molecule has 0 saturated heterocycles. The summed E-state index contributed by atoms with van der Waals surface area (Å²) in [5.41, 5.74) is 19.1. The lowest BCUT2D eigenvalue weighted by atomic mass is 9.68. The quantitative estimate of drug-likeness (QED) is 0.173. The molecule has 3 aromatic heterocycles. The average Bonchev–Trinajstić information content (AvgIpc) is 4.16. The highest BCUT2D eigenvalue weighted by atomic mass is 32.1. The van der Waals surface area contributed by atoms with E-state index >= 15 is 0 Å². The third-order valence-electron chi connectivity index (χ3n) is 14.6. The maximum absolute atomic E-state index is 6.64. The van der Waals surface area contributed by atoms with E-state index < -0.39 is 5.41 Å². The first-order valence-corrected chi connectivity index (χ1v) is 24.2. The minimum Gasteiger partial charge on any atom is -0.456 e. The summed E-state index contributed by atoms with van der Waals surface area (Å²) in [7, 11) is 0. The van der Waals surface area contributed by atoms with Gasteiger partial charge in [-0.05, 0) is 103 Å². The van der Waals surface area contributed by atoms with Gasteiger partial charge in [-0.1, -0.05) is 188 Å². The highest BCUT2D eigenvalue weighted by molar-refractivity contribution is 7.26. The van der Waals surface area contributed by atoms with Crippen LogP contribution in [0.3, 0.4) is 0 Å². The lowest BCUT2D eigenvalue weighted by Crippen LogP contribution is -2.26. The molecule has 0 saturated carbocycles. The maximum Gasteiger partial charge on any atom is 0.165 e. The van der Waals surface area contributed by atoms with Crippen LogP contribution in [0.5, 0.6) is 0 Å². The second-order valence-corrected chi connectivity index (χ2v) is 19.2. The van der Waals surface area contributed by atoms with Crippen LogP contribution >= 0.6 is 11.3 Å². The predicted molar refractivity (Wildman–Crippen MR) is 283 cm³/mol. The van der Waals surface area contributed by atoms with Gasteiger partial charge in [-0.15, -0.1) is 11.3 Å². The van der Waals surface area contributed by atoms with E-state index in [1.807, 2.05) is 30.3 Å². The zero-order valence-electron chi connectivity index (χ0n) is 37.0. The highest BCUT2D eigenvalue weighted by Gasteiger charge is 2.52. The SMILES string of the molecule is c1ccc(-c2nc(-c3cccc4c3sc3ccccc34)nc(-c3cccc4oc5ccc(-c6cccc(-c7cccc8c7C7(c9ccccc9-c9ccccc97)c7ccccc7-8)c6)cc5c34)n2)cc1. The topological polar surface area (TPSA) is 51.8 Å². The van der Waals surface area contributed by atoms with Crippen LogP contribution in [-0.2, 0) is 5.41 Å². The van der Waals surface area contributed by atoms with Gasteiger partial charge in [-0.3, -0.25) is 0 Å². The van der Waals surface area contributed by atoms with Crippen LogP contribution in [0.15, 0.2) is 229 Å². The van der Waals surface area contributed by atoms with Gasteiger partial charge in [0, 0.05) is 47.6 Å². The molecular weight excluding hydrogens is 859 g/mol. The molecule has 5 heteroatoms. The number of aromatic nitrogens is 3. The molecule has 3 heterocycles. The molecule has 0 unspecified atom stereocenters. The van der Waals surface area contributed by atoms with Crippen molar-refractivity contribution >= 4 is 53.4 Å². The fraction of sp³-hybridized carbons (Fsp3) is 0.0156. The van der Waals surface area contributed by atoms with Gasteiger partial charge >= 0.3 is 0 Å². The van der Waals surface area contributed by atoms with E-state index in [1.54, 1.807) is 11.3 Å². The van der Waals surface area contributed by atoms with Crippen molar-refractivity contribution in [2.45, 2.75) is 5.41 Å². The number of furan rings is 1. The Labute approximate surface area is 401 Å². The molecule has 0 bridgehead atoms. The smallest absolute Gasteiger partial charge is 0.165 e. The summed E-state index contributed by atoms with van der Waals surface area (Å²) < 4.78 is 9.04. The molecular formula is C64H37N3OS. The number of thiophene rings is 1. The molecule has 0 N–H and O–H groups in total. The fourth-order valence-corrected chi connectivity index (χ4v) is 12.9. The van der Waals surface area contributed by atoms with Crippen LogP contribution < -0.4 is 0 Å². The maximum atomic E-state index is 6.64. The average molecular weight is 896 g/mol. The van der Waals surface area contributed by atoms with E-state index in [0.29, 0.717) is 17.5 Å². The Morgan fingerprint density at radius 3 is 1.67 bits per heavy atom. The van der Waals surface area contributed by atoms with Crippen molar-refractivity contribution in [2.75, 3.05) is 0 Å². The lowest BCUT2D eigenvalue weighted by molar-refractivity contribution is 0.669. The molecule has 13 aromatic rings. The molecule has 0 aliphatic heterocycles. The van der Waals surface area contributed by atoms with Crippen LogP contribution in [-0.4, -0.2) is 15.0 Å². The Balaban J connectivity index is 0.901. The Morgan fingerprint density at radius 1 is 0.333 bits per heavy atom. The molecule has 15 rings (SSSR count).